The van der Waals surface area contributed by atoms with E-state index in [0.29, 0.717) is 33.9 Å². The zero-order valence-corrected chi connectivity index (χ0v) is 19.1. The molecule has 28 heavy (non-hydrogen) atoms. The van der Waals surface area contributed by atoms with E-state index >= 15 is 0 Å². The lowest BCUT2D eigenvalue weighted by Gasteiger charge is -2.14. The third-order valence-electron chi connectivity index (χ3n) is 3.81. The van der Waals surface area contributed by atoms with Crippen LogP contribution in [0.2, 0.25) is 0 Å². The molecule has 0 bridgehead atoms. The molecule has 5 nitrogen and oxygen atoms in total. The van der Waals surface area contributed by atoms with E-state index in [1.54, 1.807) is 13.2 Å². The Morgan fingerprint density at radius 2 is 1.89 bits per heavy atom. The lowest BCUT2D eigenvalue weighted by molar-refractivity contribution is -0.115. The van der Waals surface area contributed by atoms with E-state index in [9.17, 15) is 4.79 Å². The maximum absolute atomic E-state index is 11.8. The lowest BCUT2D eigenvalue weighted by Crippen LogP contribution is -2.17. The van der Waals surface area contributed by atoms with E-state index in [1.165, 1.54) is 17.3 Å². The molecule has 1 aliphatic rings. The second-order valence-electron chi connectivity index (χ2n) is 5.90. The highest BCUT2D eigenvalue weighted by Gasteiger charge is 2.22. The normalized spacial score (nSPS) is 14.9. The molecule has 2 aromatic carbocycles. The van der Waals surface area contributed by atoms with Crippen LogP contribution in [0.3, 0.4) is 0 Å². The van der Waals surface area contributed by atoms with Crippen molar-refractivity contribution in [1.82, 2.24) is 5.32 Å². The second-order valence-corrected chi connectivity index (χ2v) is 8.78. The molecule has 1 N–H and O–H groups in total. The number of aryl methyl sites for hydroxylation is 1. The molecule has 1 aliphatic heterocycles. The summed E-state index contributed by atoms with van der Waals surface area (Å²) in [5.41, 5.74) is 2.03. The summed E-state index contributed by atoms with van der Waals surface area (Å²) < 4.78 is 18.4. The van der Waals surface area contributed by atoms with Gasteiger partial charge in [0.25, 0.3) is 5.91 Å². The van der Waals surface area contributed by atoms with Crippen LogP contribution in [0.25, 0.3) is 6.08 Å². The van der Waals surface area contributed by atoms with Crippen LogP contribution < -0.4 is 19.5 Å². The first-order valence-electron chi connectivity index (χ1n) is 8.41. The average molecular weight is 527 g/mol. The molecule has 1 heterocycles. The third kappa shape index (κ3) is 5.39. The minimum Gasteiger partial charge on any atom is -0.493 e. The quantitative estimate of drug-likeness (QED) is 0.247. The van der Waals surface area contributed by atoms with E-state index in [1.807, 2.05) is 43.3 Å². The average Bonchev–Trinajstić information content (AvgIpc) is 2.98. The molecule has 3 rings (SSSR count). The number of thiocarbonyl (C=S) groups is 1. The lowest BCUT2D eigenvalue weighted by atomic mass is 10.2. The van der Waals surface area contributed by atoms with Gasteiger partial charge in [0, 0.05) is 0 Å². The van der Waals surface area contributed by atoms with E-state index in [4.69, 9.17) is 26.4 Å². The number of hydrogen-bond acceptors (Lipinski definition) is 6. The van der Waals surface area contributed by atoms with Gasteiger partial charge in [-0.25, -0.2) is 0 Å². The van der Waals surface area contributed by atoms with Crippen molar-refractivity contribution in [2.45, 2.75) is 6.92 Å². The molecule has 0 spiro atoms. The monoisotopic (exact) mass is 527 g/mol. The van der Waals surface area contributed by atoms with Crippen molar-refractivity contribution < 1.29 is 19.0 Å². The van der Waals surface area contributed by atoms with Crippen LogP contribution in [0.5, 0.6) is 17.2 Å². The maximum Gasteiger partial charge on any atom is 0.263 e. The molecular formula is C20H18INO4S2. The Morgan fingerprint density at radius 1 is 1.18 bits per heavy atom. The Labute approximate surface area is 187 Å². The first-order chi connectivity index (χ1) is 13.5. The summed E-state index contributed by atoms with van der Waals surface area (Å²) in [5, 5.41) is 2.61. The number of thioether (sulfide) groups is 1. The van der Waals surface area contributed by atoms with Crippen molar-refractivity contribution >= 4 is 62.9 Å². The minimum absolute atomic E-state index is 0.183. The summed E-state index contributed by atoms with van der Waals surface area (Å²) in [5.74, 6) is 1.87. The van der Waals surface area contributed by atoms with Gasteiger partial charge in [0.15, 0.2) is 11.5 Å². The first kappa shape index (κ1) is 20.9. The van der Waals surface area contributed by atoms with E-state index in [2.05, 4.69) is 27.9 Å². The molecule has 0 unspecified atom stereocenters. The van der Waals surface area contributed by atoms with Gasteiger partial charge in [-0.05, 0) is 65.4 Å². The number of rotatable bonds is 7. The largest absolute Gasteiger partial charge is 0.493 e. The number of methoxy groups -OCH3 is 1. The Hall–Kier alpha value is -1.78. The third-order valence-corrected chi connectivity index (χ3v) is 5.77. The van der Waals surface area contributed by atoms with Gasteiger partial charge in [0.05, 0.1) is 15.6 Å². The second kappa shape index (κ2) is 9.62. The van der Waals surface area contributed by atoms with Crippen molar-refractivity contribution in [2.24, 2.45) is 0 Å². The highest BCUT2D eigenvalue weighted by atomic mass is 127. The molecule has 0 aliphatic carbocycles. The van der Waals surface area contributed by atoms with Gasteiger partial charge in [-0.2, -0.15) is 0 Å². The number of ether oxygens (including phenoxy) is 3. The Morgan fingerprint density at radius 3 is 2.54 bits per heavy atom. The van der Waals surface area contributed by atoms with Gasteiger partial charge >= 0.3 is 0 Å². The van der Waals surface area contributed by atoms with Crippen molar-refractivity contribution in [3.8, 4) is 17.2 Å². The van der Waals surface area contributed by atoms with Gasteiger partial charge in [0.1, 0.15) is 23.3 Å². The Bertz CT molecular complexity index is 929. The molecule has 1 saturated heterocycles. The zero-order chi connectivity index (χ0) is 20.1. The fraction of sp³-hybridized carbons (Fsp3) is 0.200. The van der Waals surface area contributed by atoms with Crippen LogP contribution in [0.15, 0.2) is 41.3 Å². The molecule has 2 aromatic rings. The van der Waals surface area contributed by atoms with Crippen molar-refractivity contribution in [2.75, 3.05) is 20.3 Å². The highest BCUT2D eigenvalue weighted by molar-refractivity contribution is 14.1. The maximum atomic E-state index is 11.8. The number of carbonyl (C=O) groups excluding carboxylic acids is 1. The SMILES string of the molecule is COc1cc(C=C2SC(=S)NC2=O)cc(I)c1OCCOc1ccc(C)cc1. The van der Waals surface area contributed by atoms with Crippen LogP contribution >= 0.6 is 46.6 Å². The fourth-order valence-corrected chi connectivity index (χ4v) is 4.30. The van der Waals surface area contributed by atoms with Crippen molar-refractivity contribution in [3.63, 3.8) is 0 Å². The van der Waals surface area contributed by atoms with Gasteiger partial charge in [-0.15, -0.1) is 0 Å². The number of hydrogen-bond donors (Lipinski definition) is 1. The first-order valence-corrected chi connectivity index (χ1v) is 10.7. The van der Waals surface area contributed by atoms with Gasteiger partial charge in [0.2, 0.25) is 0 Å². The predicted molar refractivity (Wildman–Crippen MR) is 124 cm³/mol. The molecule has 146 valence electrons. The highest BCUT2D eigenvalue weighted by Crippen LogP contribution is 2.36. The summed E-state index contributed by atoms with van der Waals surface area (Å²) in [4.78, 5) is 12.4. The molecule has 0 atom stereocenters. The van der Waals surface area contributed by atoms with Crippen LogP contribution in [0.4, 0.5) is 0 Å². The van der Waals surface area contributed by atoms with Crippen molar-refractivity contribution in [3.05, 3.63) is 56.0 Å². The topological polar surface area (TPSA) is 56.8 Å². The number of amides is 1. The molecule has 0 radical (unpaired) electrons. The van der Waals surface area contributed by atoms with E-state index in [0.717, 1.165) is 14.9 Å². The molecule has 0 aromatic heterocycles. The Balaban J connectivity index is 1.66. The van der Waals surface area contributed by atoms with Gasteiger partial charge in [-0.1, -0.05) is 41.7 Å². The molecule has 8 heteroatoms. The summed E-state index contributed by atoms with van der Waals surface area (Å²) in [6, 6.07) is 11.6. The summed E-state index contributed by atoms with van der Waals surface area (Å²) in [6.07, 6.45) is 1.79. The molecule has 1 amide bonds. The van der Waals surface area contributed by atoms with E-state index in [-0.39, 0.29) is 5.91 Å². The number of carbonyl (C=O) groups is 1. The molecule has 1 fully saturated rings. The number of nitrogens with one attached hydrogen (secondary N) is 1. The smallest absolute Gasteiger partial charge is 0.263 e. The van der Waals surface area contributed by atoms with Crippen LogP contribution in [0, 0.1) is 10.5 Å². The predicted octanol–water partition coefficient (Wildman–Crippen LogP) is 4.55. The van der Waals surface area contributed by atoms with Gasteiger partial charge < -0.3 is 19.5 Å². The van der Waals surface area contributed by atoms with Crippen LogP contribution in [0.1, 0.15) is 11.1 Å². The fourth-order valence-electron chi connectivity index (χ4n) is 2.47. The summed E-state index contributed by atoms with van der Waals surface area (Å²) in [7, 11) is 1.59. The summed E-state index contributed by atoms with van der Waals surface area (Å²) >= 11 is 8.46. The minimum atomic E-state index is -0.183. The number of benzene rings is 2. The van der Waals surface area contributed by atoms with E-state index < -0.39 is 0 Å². The van der Waals surface area contributed by atoms with Crippen LogP contribution in [-0.2, 0) is 4.79 Å². The molecular weight excluding hydrogens is 509 g/mol. The summed E-state index contributed by atoms with van der Waals surface area (Å²) in [6.45, 7) is 2.84. The van der Waals surface area contributed by atoms with Gasteiger partial charge in [-0.3, -0.25) is 4.79 Å². The zero-order valence-electron chi connectivity index (χ0n) is 15.3. The standard InChI is InChI=1S/C20H18INO4S2/c1-12-3-5-14(6-4-12)25-7-8-26-18-15(21)9-13(10-16(18)24-2)11-17-19(23)22-20(27)28-17/h3-6,9-11H,7-8H2,1-2H3,(H,22,23,27). The van der Waals surface area contributed by atoms with Crippen LogP contribution in [-0.4, -0.2) is 30.6 Å². The van der Waals surface area contributed by atoms with Crippen molar-refractivity contribution in [1.29, 1.82) is 0 Å². The molecule has 0 saturated carbocycles. The number of halogens is 1. The Kier molecular flexibility index (Phi) is 7.19.